The molecule has 4 heteroatoms. The summed E-state index contributed by atoms with van der Waals surface area (Å²) in [5, 5.41) is 6.79. The lowest BCUT2D eigenvalue weighted by molar-refractivity contribution is 0.167. The summed E-state index contributed by atoms with van der Waals surface area (Å²) in [6.45, 7) is 10.4. The second-order valence-electron chi connectivity index (χ2n) is 5.29. The minimum absolute atomic E-state index is 0.143. The average molecular weight is 256 g/mol. The average Bonchev–Trinajstić information content (AvgIpc) is 2.66. The molecule has 0 aliphatic rings. The number of nitrogens with zero attached hydrogens (tertiary/aromatic N) is 1. The van der Waals surface area contributed by atoms with Crippen molar-refractivity contribution in [2.24, 2.45) is 0 Å². The van der Waals surface area contributed by atoms with E-state index in [1.807, 2.05) is 0 Å². The Kier molecular flexibility index (Phi) is 5.56. The minimum Gasteiger partial charge on any atom is -0.383 e. The first-order chi connectivity index (χ1) is 7.97. The molecule has 1 atom stereocenters. The Labute approximate surface area is 109 Å². The highest BCUT2D eigenvalue weighted by Crippen LogP contribution is 2.24. The zero-order valence-corrected chi connectivity index (χ0v) is 12.4. The van der Waals surface area contributed by atoms with Crippen molar-refractivity contribution in [3.05, 3.63) is 16.1 Å². The van der Waals surface area contributed by atoms with Crippen LogP contribution in [0.2, 0.25) is 0 Å². The van der Waals surface area contributed by atoms with Gasteiger partial charge in [0.05, 0.1) is 17.3 Å². The second-order valence-corrected chi connectivity index (χ2v) is 6.23. The number of nitrogens with one attached hydrogen (secondary N) is 1. The highest BCUT2D eigenvalue weighted by Gasteiger charge is 2.18. The predicted molar refractivity (Wildman–Crippen MR) is 73.9 cm³/mol. The molecular formula is C13H24N2OS. The Bertz CT molecular complexity index is 324. The van der Waals surface area contributed by atoms with Gasteiger partial charge in [-0.05, 0) is 6.54 Å². The summed E-state index contributed by atoms with van der Waals surface area (Å²) in [5.41, 5.74) is 1.33. The SMILES string of the molecule is CCNC(COC)Cc1nc(C(C)(C)C)cs1. The summed E-state index contributed by atoms with van der Waals surface area (Å²) < 4.78 is 5.22. The van der Waals surface area contributed by atoms with Gasteiger partial charge in [-0.1, -0.05) is 27.7 Å². The van der Waals surface area contributed by atoms with E-state index >= 15 is 0 Å². The molecule has 0 spiro atoms. The van der Waals surface area contributed by atoms with E-state index in [9.17, 15) is 0 Å². The van der Waals surface area contributed by atoms with Crippen LogP contribution in [0.3, 0.4) is 0 Å². The zero-order chi connectivity index (χ0) is 12.9. The number of aromatic nitrogens is 1. The molecule has 0 radical (unpaired) electrons. The molecule has 0 amide bonds. The summed E-state index contributed by atoms with van der Waals surface area (Å²) in [6, 6.07) is 0.365. The van der Waals surface area contributed by atoms with E-state index in [1.165, 1.54) is 10.7 Å². The van der Waals surface area contributed by atoms with Gasteiger partial charge in [0.25, 0.3) is 0 Å². The number of hydrogen-bond acceptors (Lipinski definition) is 4. The van der Waals surface area contributed by atoms with Crippen LogP contribution in [-0.4, -0.2) is 31.3 Å². The van der Waals surface area contributed by atoms with E-state index < -0.39 is 0 Å². The van der Waals surface area contributed by atoms with Crippen molar-refractivity contribution in [1.29, 1.82) is 0 Å². The number of methoxy groups -OCH3 is 1. The Balaban J connectivity index is 2.63. The molecule has 1 rings (SSSR count). The monoisotopic (exact) mass is 256 g/mol. The molecule has 0 aliphatic heterocycles. The quantitative estimate of drug-likeness (QED) is 0.849. The van der Waals surface area contributed by atoms with E-state index in [2.05, 4.69) is 38.4 Å². The fourth-order valence-corrected chi connectivity index (χ4v) is 2.74. The van der Waals surface area contributed by atoms with Crippen molar-refractivity contribution >= 4 is 11.3 Å². The lowest BCUT2D eigenvalue weighted by atomic mass is 9.93. The Morgan fingerprint density at radius 3 is 2.65 bits per heavy atom. The lowest BCUT2D eigenvalue weighted by Crippen LogP contribution is -2.35. The molecule has 0 aromatic carbocycles. The maximum absolute atomic E-state index is 5.22. The molecule has 0 fully saturated rings. The van der Waals surface area contributed by atoms with Gasteiger partial charge >= 0.3 is 0 Å². The standard InChI is InChI=1S/C13H24N2OS/c1-6-14-10(8-16-5)7-12-15-11(9-17-12)13(2,3)4/h9-10,14H,6-8H2,1-5H3. The van der Waals surface area contributed by atoms with Gasteiger partial charge in [-0.25, -0.2) is 4.98 Å². The van der Waals surface area contributed by atoms with Gasteiger partial charge in [0.15, 0.2) is 0 Å². The fourth-order valence-electron chi connectivity index (χ4n) is 1.64. The normalized spacial score (nSPS) is 13.9. The van der Waals surface area contributed by atoms with Crippen molar-refractivity contribution in [2.75, 3.05) is 20.3 Å². The van der Waals surface area contributed by atoms with Crippen LogP contribution in [0, 0.1) is 0 Å². The van der Waals surface area contributed by atoms with Crippen LogP contribution in [0.15, 0.2) is 5.38 Å². The van der Waals surface area contributed by atoms with E-state index in [4.69, 9.17) is 9.72 Å². The second kappa shape index (κ2) is 6.47. The van der Waals surface area contributed by atoms with E-state index in [1.54, 1.807) is 18.4 Å². The molecule has 0 saturated carbocycles. The molecule has 3 nitrogen and oxygen atoms in total. The van der Waals surface area contributed by atoms with Gasteiger partial charge in [-0.3, -0.25) is 0 Å². The molecule has 1 N–H and O–H groups in total. The molecule has 0 saturated heterocycles. The van der Waals surface area contributed by atoms with Crippen LogP contribution in [0.4, 0.5) is 0 Å². The zero-order valence-electron chi connectivity index (χ0n) is 11.5. The minimum atomic E-state index is 0.143. The molecule has 17 heavy (non-hydrogen) atoms. The highest BCUT2D eigenvalue weighted by molar-refractivity contribution is 7.09. The molecule has 1 unspecified atom stereocenters. The third kappa shape index (κ3) is 4.74. The summed E-state index contributed by atoms with van der Waals surface area (Å²) in [4.78, 5) is 4.71. The van der Waals surface area contributed by atoms with Crippen LogP contribution in [0.25, 0.3) is 0 Å². The highest BCUT2D eigenvalue weighted by atomic mass is 32.1. The first-order valence-electron chi connectivity index (χ1n) is 6.14. The van der Waals surface area contributed by atoms with Crippen LogP contribution < -0.4 is 5.32 Å². The smallest absolute Gasteiger partial charge is 0.0944 e. The molecule has 0 bridgehead atoms. The van der Waals surface area contributed by atoms with Gasteiger partial charge in [-0.2, -0.15) is 0 Å². The Morgan fingerprint density at radius 1 is 1.47 bits per heavy atom. The summed E-state index contributed by atoms with van der Waals surface area (Å²) in [5.74, 6) is 0. The number of ether oxygens (including phenoxy) is 1. The lowest BCUT2D eigenvalue weighted by Gasteiger charge is -2.16. The molecular weight excluding hydrogens is 232 g/mol. The van der Waals surface area contributed by atoms with Crippen molar-refractivity contribution in [1.82, 2.24) is 10.3 Å². The Hall–Kier alpha value is -0.450. The van der Waals surface area contributed by atoms with Gasteiger partial charge < -0.3 is 10.1 Å². The first-order valence-corrected chi connectivity index (χ1v) is 7.02. The third-order valence-corrected chi connectivity index (χ3v) is 3.47. The molecule has 1 aromatic heterocycles. The van der Waals surface area contributed by atoms with E-state index in [-0.39, 0.29) is 5.41 Å². The van der Waals surface area contributed by atoms with E-state index in [0.717, 1.165) is 19.6 Å². The third-order valence-electron chi connectivity index (χ3n) is 2.60. The van der Waals surface area contributed by atoms with Crippen molar-refractivity contribution in [3.63, 3.8) is 0 Å². The first kappa shape index (κ1) is 14.6. The van der Waals surface area contributed by atoms with Crippen molar-refractivity contribution in [3.8, 4) is 0 Å². The maximum atomic E-state index is 5.22. The number of hydrogen-bond donors (Lipinski definition) is 1. The number of thiazole rings is 1. The number of likely N-dealkylation sites (N-methyl/N-ethyl adjacent to an activating group) is 1. The van der Waals surface area contributed by atoms with E-state index in [0.29, 0.717) is 6.04 Å². The van der Waals surface area contributed by atoms with Gasteiger partial charge in [-0.15, -0.1) is 11.3 Å². The van der Waals surface area contributed by atoms with Gasteiger partial charge in [0, 0.05) is 30.4 Å². The molecule has 0 aliphatic carbocycles. The fraction of sp³-hybridized carbons (Fsp3) is 0.769. The van der Waals surface area contributed by atoms with Crippen LogP contribution in [0.5, 0.6) is 0 Å². The molecule has 98 valence electrons. The summed E-state index contributed by atoms with van der Waals surface area (Å²) >= 11 is 1.75. The Morgan fingerprint density at radius 2 is 2.18 bits per heavy atom. The van der Waals surface area contributed by atoms with Gasteiger partial charge in [0.2, 0.25) is 0 Å². The predicted octanol–water partition coefficient (Wildman–Crippen LogP) is 2.61. The van der Waals surface area contributed by atoms with Crippen LogP contribution in [-0.2, 0) is 16.6 Å². The summed E-state index contributed by atoms with van der Waals surface area (Å²) in [7, 11) is 1.74. The molecule has 1 heterocycles. The summed E-state index contributed by atoms with van der Waals surface area (Å²) in [6.07, 6.45) is 0.947. The molecule has 1 aromatic rings. The van der Waals surface area contributed by atoms with Crippen molar-refractivity contribution in [2.45, 2.75) is 45.6 Å². The van der Waals surface area contributed by atoms with Crippen molar-refractivity contribution < 1.29 is 4.74 Å². The van der Waals surface area contributed by atoms with Crippen LogP contribution in [0.1, 0.15) is 38.4 Å². The maximum Gasteiger partial charge on any atom is 0.0944 e. The largest absolute Gasteiger partial charge is 0.383 e. The van der Waals surface area contributed by atoms with Crippen LogP contribution >= 0.6 is 11.3 Å². The number of rotatable bonds is 6. The topological polar surface area (TPSA) is 34.1 Å². The van der Waals surface area contributed by atoms with Gasteiger partial charge in [0.1, 0.15) is 0 Å².